The van der Waals surface area contributed by atoms with Crippen LogP contribution in [-0.4, -0.2) is 13.4 Å². The average Bonchev–Trinajstić information content (AvgIpc) is 2.88. The summed E-state index contributed by atoms with van der Waals surface area (Å²) in [5, 5.41) is 2.01. The number of hydrogen-bond acceptors (Lipinski definition) is 5. The number of hydrogen-bond donors (Lipinski definition) is 2. The van der Waals surface area contributed by atoms with Crippen LogP contribution in [0.5, 0.6) is 0 Å². The van der Waals surface area contributed by atoms with Crippen LogP contribution in [0, 0.1) is 0 Å². The molecule has 1 atom stereocenters. The number of pyridine rings is 1. The minimum absolute atomic E-state index is 0.0290. The van der Waals surface area contributed by atoms with E-state index in [2.05, 4.69) is 9.71 Å². The predicted octanol–water partition coefficient (Wildman–Crippen LogP) is 2.08. The van der Waals surface area contributed by atoms with Gasteiger partial charge in [-0.2, -0.15) is 0 Å². The lowest BCUT2D eigenvalue weighted by Gasteiger charge is -2.23. The highest BCUT2D eigenvalue weighted by Gasteiger charge is 2.27. The Kier molecular flexibility index (Phi) is 3.49. The topological polar surface area (TPSA) is 85.1 Å². The number of rotatable bonds is 3. The fourth-order valence-corrected chi connectivity index (χ4v) is 4.81. The number of aryl methyl sites for hydroxylation is 1. The van der Waals surface area contributed by atoms with E-state index in [1.165, 1.54) is 17.1 Å². The van der Waals surface area contributed by atoms with Crippen LogP contribution in [0.15, 0.2) is 34.7 Å². The Morgan fingerprint density at radius 1 is 1.40 bits per heavy atom. The molecule has 106 valence electrons. The Morgan fingerprint density at radius 3 is 3.05 bits per heavy atom. The van der Waals surface area contributed by atoms with Gasteiger partial charge in [0.05, 0.1) is 0 Å². The fourth-order valence-electron chi connectivity index (χ4n) is 2.49. The van der Waals surface area contributed by atoms with E-state index in [4.69, 9.17) is 5.73 Å². The third-order valence-corrected chi connectivity index (χ3v) is 5.95. The molecule has 0 amide bonds. The van der Waals surface area contributed by atoms with Crippen molar-refractivity contribution in [2.24, 2.45) is 0 Å². The van der Waals surface area contributed by atoms with Crippen LogP contribution in [0.1, 0.15) is 29.3 Å². The molecule has 3 N–H and O–H groups in total. The lowest BCUT2D eigenvalue weighted by molar-refractivity contribution is 0.511. The fraction of sp³-hybridized carbons (Fsp3) is 0.308. The molecule has 0 spiro atoms. The smallest absolute Gasteiger partial charge is 0.244 e. The molecule has 1 unspecified atom stereocenters. The maximum absolute atomic E-state index is 12.4. The molecule has 3 rings (SSSR count). The quantitative estimate of drug-likeness (QED) is 0.909. The lowest BCUT2D eigenvalue weighted by Crippen LogP contribution is -2.31. The zero-order valence-corrected chi connectivity index (χ0v) is 12.4. The van der Waals surface area contributed by atoms with Crippen molar-refractivity contribution in [1.29, 1.82) is 0 Å². The molecule has 0 saturated carbocycles. The Morgan fingerprint density at radius 2 is 2.25 bits per heavy atom. The van der Waals surface area contributed by atoms with Gasteiger partial charge < -0.3 is 5.73 Å². The van der Waals surface area contributed by atoms with E-state index >= 15 is 0 Å². The van der Waals surface area contributed by atoms with Crippen LogP contribution in [-0.2, 0) is 16.4 Å². The van der Waals surface area contributed by atoms with E-state index in [0.717, 1.165) is 24.8 Å². The van der Waals surface area contributed by atoms with Gasteiger partial charge in [-0.1, -0.05) is 0 Å². The van der Waals surface area contributed by atoms with Gasteiger partial charge >= 0.3 is 0 Å². The van der Waals surface area contributed by atoms with E-state index < -0.39 is 10.0 Å². The van der Waals surface area contributed by atoms with Crippen LogP contribution >= 0.6 is 11.3 Å². The Balaban J connectivity index is 1.91. The molecule has 20 heavy (non-hydrogen) atoms. The molecule has 2 aromatic heterocycles. The predicted molar refractivity (Wildman–Crippen MR) is 79.0 cm³/mol. The SMILES string of the molecule is Nc1ncccc1S(=O)(=O)NC1CCCc2sccc21. The number of aromatic nitrogens is 1. The van der Waals surface area contributed by atoms with Gasteiger partial charge in [0, 0.05) is 17.1 Å². The molecule has 5 nitrogen and oxygen atoms in total. The van der Waals surface area contributed by atoms with Crippen molar-refractivity contribution in [3.05, 3.63) is 40.2 Å². The molecule has 0 radical (unpaired) electrons. The van der Waals surface area contributed by atoms with Crippen molar-refractivity contribution in [2.75, 3.05) is 5.73 Å². The number of nitrogens with one attached hydrogen (secondary N) is 1. The molecular formula is C13H15N3O2S2. The molecule has 2 aromatic rings. The van der Waals surface area contributed by atoms with Gasteiger partial charge in [0.2, 0.25) is 10.0 Å². The van der Waals surface area contributed by atoms with Crippen LogP contribution < -0.4 is 10.5 Å². The van der Waals surface area contributed by atoms with Crippen molar-refractivity contribution >= 4 is 27.2 Å². The maximum Gasteiger partial charge on any atom is 0.244 e. The summed E-state index contributed by atoms with van der Waals surface area (Å²) in [6.45, 7) is 0. The minimum atomic E-state index is -3.64. The van der Waals surface area contributed by atoms with Crippen LogP contribution in [0.4, 0.5) is 5.82 Å². The van der Waals surface area contributed by atoms with Gasteiger partial charge in [-0.3, -0.25) is 0 Å². The lowest BCUT2D eigenvalue weighted by atomic mass is 9.95. The second-order valence-corrected chi connectivity index (χ2v) is 7.44. The molecule has 0 aliphatic heterocycles. The number of nitrogens with zero attached hydrogens (tertiary/aromatic N) is 1. The summed E-state index contributed by atoms with van der Waals surface area (Å²) in [7, 11) is -3.64. The van der Waals surface area contributed by atoms with E-state index in [1.54, 1.807) is 17.4 Å². The first kappa shape index (κ1) is 13.5. The summed E-state index contributed by atoms with van der Waals surface area (Å²) in [6.07, 6.45) is 4.30. The highest BCUT2D eigenvalue weighted by Crippen LogP contribution is 2.34. The van der Waals surface area contributed by atoms with E-state index in [0.29, 0.717) is 0 Å². The largest absolute Gasteiger partial charge is 0.383 e. The average molecular weight is 309 g/mol. The van der Waals surface area contributed by atoms with E-state index in [9.17, 15) is 8.42 Å². The van der Waals surface area contributed by atoms with Crippen molar-refractivity contribution in [3.8, 4) is 0 Å². The highest BCUT2D eigenvalue weighted by molar-refractivity contribution is 7.89. The Hall–Kier alpha value is -1.44. The number of fused-ring (bicyclic) bond motifs is 1. The molecule has 7 heteroatoms. The van der Waals surface area contributed by atoms with Crippen LogP contribution in [0.3, 0.4) is 0 Å². The number of anilines is 1. The first-order valence-electron chi connectivity index (χ1n) is 6.37. The van der Waals surface area contributed by atoms with Crippen LogP contribution in [0.25, 0.3) is 0 Å². The molecule has 0 bridgehead atoms. The van der Waals surface area contributed by atoms with Gasteiger partial charge in [-0.15, -0.1) is 11.3 Å². The number of nitrogen functional groups attached to an aromatic ring is 1. The van der Waals surface area contributed by atoms with E-state index in [1.807, 2.05) is 11.4 Å². The first-order chi connectivity index (χ1) is 9.58. The van der Waals surface area contributed by atoms with Gasteiger partial charge in [0.25, 0.3) is 0 Å². The molecule has 0 aromatic carbocycles. The molecule has 0 fully saturated rings. The van der Waals surface area contributed by atoms with Gasteiger partial charge in [-0.25, -0.2) is 18.1 Å². The maximum atomic E-state index is 12.4. The number of thiophene rings is 1. The summed E-state index contributed by atoms with van der Waals surface area (Å²) >= 11 is 1.68. The highest BCUT2D eigenvalue weighted by atomic mass is 32.2. The Bertz CT molecular complexity index is 725. The normalized spacial score (nSPS) is 18.7. The molecule has 1 aliphatic carbocycles. The summed E-state index contributed by atoms with van der Waals surface area (Å²) in [5.41, 5.74) is 6.75. The van der Waals surface area contributed by atoms with Gasteiger partial charge in [-0.05, 0) is 48.4 Å². The minimum Gasteiger partial charge on any atom is -0.383 e. The molecule has 0 saturated heterocycles. The first-order valence-corrected chi connectivity index (χ1v) is 8.73. The zero-order valence-electron chi connectivity index (χ0n) is 10.7. The second kappa shape index (κ2) is 5.16. The van der Waals surface area contributed by atoms with Crippen LogP contribution in [0.2, 0.25) is 0 Å². The van der Waals surface area contributed by atoms with Crippen molar-refractivity contribution < 1.29 is 8.42 Å². The Labute approximate surface area is 121 Å². The number of nitrogens with two attached hydrogens (primary N) is 1. The summed E-state index contributed by atoms with van der Waals surface area (Å²) < 4.78 is 27.6. The van der Waals surface area contributed by atoms with Gasteiger partial charge in [0.15, 0.2) is 0 Å². The number of sulfonamides is 1. The molecule has 1 aliphatic rings. The molecule has 2 heterocycles. The van der Waals surface area contributed by atoms with Crippen molar-refractivity contribution in [1.82, 2.24) is 9.71 Å². The van der Waals surface area contributed by atoms with E-state index in [-0.39, 0.29) is 16.8 Å². The molecular weight excluding hydrogens is 294 g/mol. The van der Waals surface area contributed by atoms with Gasteiger partial charge in [0.1, 0.15) is 10.7 Å². The standard InChI is InChI=1S/C13H15N3O2S2/c14-13-12(5-2-7-15-13)20(17,18)16-10-3-1-4-11-9(10)6-8-19-11/h2,5-8,10,16H,1,3-4H2,(H2,14,15). The second-order valence-electron chi connectivity index (χ2n) is 4.75. The van der Waals surface area contributed by atoms with Crippen molar-refractivity contribution in [2.45, 2.75) is 30.2 Å². The summed E-state index contributed by atoms with van der Waals surface area (Å²) in [4.78, 5) is 5.14. The third-order valence-electron chi connectivity index (χ3n) is 3.44. The zero-order chi connectivity index (χ0) is 14.2. The summed E-state index contributed by atoms with van der Waals surface area (Å²) in [5.74, 6) is 0.0290. The monoisotopic (exact) mass is 309 g/mol. The third kappa shape index (κ3) is 2.44. The van der Waals surface area contributed by atoms with Crippen molar-refractivity contribution in [3.63, 3.8) is 0 Å². The summed E-state index contributed by atoms with van der Waals surface area (Å²) in [6, 6.07) is 4.87.